The van der Waals surface area contributed by atoms with E-state index >= 15 is 0 Å². The van der Waals surface area contributed by atoms with E-state index in [2.05, 4.69) is 5.32 Å². The lowest BCUT2D eigenvalue weighted by Gasteiger charge is -2.17. The van der Waals surface area contributed by atoms with Gasteiger partial charge in [0, 0.05) is 25.4 Å². The van der Waals surface area contributed by atoms with Crippen molar-refractivity contribution in [3.05, 3.63) is 29.6 Å². The summed E-state index contributed by atoms with van der Waals surface area (Å²) in [7, 11) is 1.65. The van der Waals surface area contributed by atoms with Crippen LogP contribution in [0.4, 0.5) is 10.1 Å². The van der Waals surface area contributed by atoms with Crippen LogP contribution >= 0.6 is 12.2 Å². The first-order valence-corrected chi connectivity index (χ1v) is 5.81. The second-order valence-corrected chi connectivity index (χ2v) is 4.29. The van der Waals surface area contributed by atoms with Gasteiger partial charge in [-0.05, 0) is 25.5 Å². The fraction of sp³-hybridized carbons (Fsp3) is 0.417. The van der Waals surface area contributed by atoms with E-state index in [-0.39, 0.29) is 16.6 Å². The van der Waals surface area contributed by atoms with E-state index in [1.54, 1.807) is 19.2 Å². The summed E-state index contributed by atoms with van der Waals surface area (Å²) in [5.41, 5.74) is 6.41. The molecule has 1 aromatic carbocycles. The molecule has 0 heterocycles. The third kappa shape index (κ3) is 3.94. The topological polar surface area (TPSA) is 47.3 Å². The molecule has 0 aliphatic carbocycles. The van der Waals surface area contributed by atoms with Gasteiger partial charge in [-0.15, -0.1) is 0 Å². The molecule has 0 bridgehead atoms. The number of anilines is 1. The first kappa shape index (κ1) is 13.9. The third-order valence-electron chi connectivity index (χ3n) is 2.42. The Morgan fingerprint density at radius 3 is 2.88 bits per heavy atom. The van der Waals surface area contributed by atoms with Crippen LogP contribution in [-0.2, 0) is 4.74 Å². The highest BCUT2D eigenvalue weighted by Crippen LogP contribution is 2.20. The van der Waals surface area contributed by atoms with Gasteiger partial charge in [-0.1, -0.05) is 18.3 Å². The monoisotopic (exact) mass is 256 g/mol. The maximum Gasteiger partial charge on any atom is 0.135 e. The van der Waals surface area contributed by atoms with E-state index in [1.165, 1.54) is 6.07 Å². The molecule has 1 unspecified atom stereocenters. The minimum atomic E-state index is -0.401. The van der Waals surface area contributed by atoms with Crippen molar-refractivity contribution in [3.8, 4) is 0 Å². The minimum absolute atomic E-state index is 0.0598. The molecule has 0 aliphatic rings. The summed E-state index contributed by atoms with van der Waals surface area (Å²) in [6, 6.07) is 4.90. The molecule has 0 saturated carbocycles. The van der Waals surface area contributed by atoms with Crippen molar-refractivity contribution in [1.29, 1.82) is 0 Å². The van der Waals surface area contributed by atoms with Crippen molar-refractivity contribution >= 4 is 22.9 Å². The van der Waals surface area contributed by atoms with Gasteiger partial charge < -0.3 is 15.8 Å². The van der Waals surface area contributed by atoms with Crippen LogP contribution in [0.25, 0.3) is 0 Å². The zero-order valence-corrected chi connectivity index (χ0v) is 10.8. The smallest absolute Gasteiger partial charge is 0.135 e. The molecule has 1 atom stereocenters. The van der Waals surface area contributed by atoms with Gasteiger partial charge in [-0.2, -0.15) is 0 Å². The van der Waals surface area contributed by atoms with Crippen LogP contribution in [0.1, 0.15) is 18.9 Å². The molecule has 17 heavy (non-hydrogen) atoms. The number of hydrogen-bond acceptors (Lipinski definition) is 3. The number of benzene rings is 1. The molecular weight excluding hydrogens is 239 g/mol. The summed E-state index contributed by atoms with van der Waals surface area (Å²) in [6.45, 7) is 2.64. The fourth-order valence-corrected chi connectivity index (χ4v) is 1.73. The molecule has 0 radical (unpaired) electrons. The van der Waals surface area contributed by atoms with Crippen molar-refractivity contribution in [2.24, 2.45) is 5.73 Å². The number of ether oxygens (including phenoxy) is 1. The maximum atomic E-state index is 13.6. The molecule has 0 aromatic heterocycles. The van der Waals surface area contributed by atoms with Crippen molar-refractivity contribution in [2.45, 2.75) is 19.4 Å². The summed E-state index contributed by atoms with van der Waals surface area (Å²) in [4.78, 5) is 0.0598. The molecule has 0 amide bonds. The van der Waals surface area contributed by atoms with Crippen LogP contribution in [0.3, 0.4) is 0 Å². The zero-order valence-electron chi connectivity index (χ0n) is 10.00. The largest absolute Gasteiger partial charge is 0.389 e. The summed E-state index contributed by atoms with van der Waals surface area (Å²) in [5.74, 6) is -0.401. The number of methoxy groups -OCH3 is 1. The molecule has 1 rings (SSSR count). The van der Waals surface area contributed by atoms with Gasteiger partial charge in [-0.3, -0.25) is 0 Å². The van der Waals surface area contributed by atoms with Crippen LogP contribution in [0.2, 0.25) is 0 Å². The number of hydrogen-bond donors (Lipinski definition) is 2. The molecule has 3 N–H and O–H groups in total. The Hall–Kier alpha value is -1.20. The van der Waals surface area contributed by atoms with Crippen LogP contribution in [0.15, 0.2) is 18.2 Å². The Kier molecular flexibility index (Phi) is 5.31. The first-order chi connectivity index (χ1) is 8.06. The van der Waals surface area contributed by atoms with Gasteiger partial charge in [-0.25, -0.2) is 4.39 Å². The molecular formula is C12H17FN2OS. The number of thiocarbonyl (C=S) groups is 1. The summed E-state index contributed by atoms with van der Waals surface area (Å²) >= 11 is 4.85. The van der Waals surface area contributed by atoms with E-state index in [4.69, 9.17) is 22.7 Å². The van der Waals surface area contributed by atoms with E-state index in [0.717, 1.165) is 6.42 Å². The van der Waals surface area contributed by atoms with Crippen molar-refractivity contribution in [1.82, 2.24) is 0 Å². The van der Waals surface area contributed by atoms with Gasteiger partial charge >= 0.3 is 0 Å². The van der Waals surface area contributed by atoms with E-state index < -0.39 is 5.82 Å². The van der Waals surface area contributed by atoms with Crippen molar-refractivity contribution < 1.29 is 9.13 Å². The molecule has 0 spiro atoms. The predicted molar refractivity (Wildman–Crippen MR) is 71.9 cm³/mol. The third-order valence-corrected chi connectivity index (χ3v) is 2.62. The highest BCUT2D eigenvalue weighted by Gasteiger charge is 2.12. The number of halogens is 1. The molecule has 0 aliphatic heterocycles. The van der Waals surface area contributed by atoms with E-state index in [1.807, 2.05) is 6.92 Å². The quantitative estimate of drug-likeness (QED) is 0.767. The molecule has 3 nitrogen and oxygen atoms in total. The van der Waals surface area contributed by atoms with E-state index in [9.17, 15) is 4.39 Å². The second kappa shape index (κ2) is 6.51. The van der Waals surface area contributed by atoms with Gasteiger partial charge in [0.05, 0.1) is 5.56 Å². The zero-order chi connectivity index (χ0) is 12.8. The number of nitrogens with one attached hydrogen (secondary N) is 1. The van der Waals surface area contributed by atoms with Crippen molar-refractivity contribution in [2.75, 3.05) is 19.0 Å². The van der Waals surface area contributed by atoms with Gasteiger partial charge in [0.1, 0.15) is 10.8 Å². The van der Waals surface area contributed by atoms with Gasteiger partial charge in [0.25, 0.3) is 0 Å². The SMILES string of the molecule is COCCC(C)Nc1cccc(F)c1C(N)=S. The van der Waals surface area contributed by atoms with E-state index in [0.29, 0.717) is 12.3 Å². The van der Waals surface area contributed by atoms with Crippen LogP contribution in [0.5, 0.6) is 0 Å². The van der Waals surface area contributed by atoms with Crippen LogP contribution in [-0.4, -0.2) is 24.7 Å². The lowest BCUT2D eigenvalue weighted by Crippen LogP contribution is -2.21. The molecule has 0 saturated heterocycles. The number of rotatable bonds is 6. The first-order valence-electron chi connectivity index (χ1n) is 5.40. The molecule has 0 fully saturated rings. The second-order valence-electron chi connectivity index (χ2n) is 3.85. The summed E-state index contributed by atoms with van der Waals surface area (Å²) in [6.07, 6.45) is 0.823. The molecule has 94 valence electrons. The lowest BCUT2D eigenvalue weighted by atomic mass is 10.1. The Morgan fingerprint density at radius 2 is 2.29 bits per heavy atom. The van der Waals surface area contributed by atoms with Crippen LogP contribution in [0, 0.1) is 5.82 Å². The highest BCUT2D eigenvalue weighted by molar-refractivity contribution is 7.80. The number of nitrogens with two attached hydrogens (primary N) is 1. The van der Waals surface area contributed by atoms with Gasteiger partial charge in [0.2, 0.25) is 0 Å². The lowest BCUT2D eigenvalue weighted by molar-refractivity contribution is 0.191. The Labute approximate surface area is 106 Å². The predicted octanol–water partition coefficient (Wildman–Crippen LogP) is 2.30. The average Bonchev–Trinajstić information content (AvgIpc) is 2.25. The standard InChI is InChI=1S/C12H17FN2OS/c1-8(6-7-16-2)15-10-5-3-4-9(13)11(10)12(14)17/h3-5,8,15H,6-7H2,1-2H3,(H2,14,17). The Bertz CT molecular complexity index is 398. The molecule has 5 heteroatoms. The highest BCUT2D eigenvalue weighted by atomic mass is 32.1. The normalized spacial score (nSPS) is 12.2. The van der Waals surface area contributed by atoms with Crippen molar-refractivity contribution in [3.63, 3.8) is 0 Å². The fourth-order valence-electron chi connectivity index (χ4n) is 1.53. The Balaban J connectivity index is 2.83. The van der Waals surface area contributed by atoms with Gasteiger partial charge in [0.15, 0.2) is 0 Å². The summed E-state index contributed by atoms with van der Waals surface area (Å²) < 4.78 is 18.6. The molecule has 1 aromatic rings. The van der Waals surface area contributed by atoms with Crippen LogP contribution < -0.4 is 11.1 Å². The Morgan fingerprint density at radius 1 is 1.59 bits per heavy atom. The summed E-state index contributed by atoms with van der Waals surface area (Å²) in [5, 5.41) is 3.18. The average molecular weight is 256 g/mol. The maximum absolute atomic E-state index is 13.6. The minimum Gasteiger partial charge on any atom is -0.389 e.